The van der Waals surface area contributed by atoms with Gasteiger partial charge in [-0.2, -0.15) is 0 Å². The van der Waals surface area contributed by atoms with Crippen LogP contribution in [0.2, 0.25) is 0 Å². The van der Waals surface area contributed by atoms with E-state index in [1.54, 1.807) is 62.4 Å². The van der Waals surface area contributed by atoms with Gasteiger partial charge < -0.3 is 14.4 Å². The molecule has 27 heavy (non-hydrogen) atoms. The van der Waals surface area contributed by atoms with Crippen LogP contribution in [-0.4, -0.2) is 30.0 Å². The summed E-state index contributed by atoms with van der Waals surface area (Å²) in [5.41, 5.74) is 1.04. The lowest BCUT2D eigenvalue weighted by molar-refractivity contribution is -0.114. The monoisotopic (exact) mass is 409 g/mol. The lowest BCUT2D eigenvalue weighted by Crippen LogP contribution is -2.26. The fourth-order valence-electron chi connectivity index (χ4n) is 2.40. The molecule has 8 heteroatoms. The fraction of sp³-hybridized carbons (Fsp3) is 0.263. The largest absolute Gasteiger partial charge is 0.357 e. The highest BCUT2D eigenvalue weighted by Gasteiger charge is 2.40. The Labute approximate surface area is 163 Å². The number of benzene rings is 2. The Morgan fingerprint density at radius 3 is 2.15 bits per heavy atom. The molecule has 0 fully saturated rings. The summed E-state index contributed by atoms with van der Waals surface area (Å²) in [6.45, 7) is 3.41. The number of ketones is 1. The first kappa shape index (κ1) is 21.3. The molecule has 0 radical (unpaired) electrons. The summed E-state index contributed by atoms with van der Waals surface area (Å²) in [4.78, 5) is 25.3. The van der Waals surface area contributed by atoms with Crippen molar-refractivity contribution in [1.82, 2.24) is 0 Å². The highest BCUT2D eigenvalue weighted by molar-refractivity contribution is 7.57. The molecule has 1 amide bonds. The number of carbonyl (C=O) groups is 2. The van der Waals surface area contributed by atoms with Crippen molar-refractivity contribution in [1.29, 1.82) is 0 Å². The van der Waals surface area contributed by atoms with Gasteiger partial charge in [-0.3, -0.25) is 14.2 Å². The van der Waals surface area contributed by atoms with E-state index < -0.39 is 18.6 Å². The van der Waals surface area contributed by atoms with E-state index in [1.165, 1.54) is 0 Å². The van der Waals surface area contributed by atoms with Gasteiger partial charge in [0.1, 0.15) is 0 Å². The molecule has 0 aliphatic carbocycles. The summed E-state index contributed by atoms with van der Waals surface area (Å²) in [5, 5.41) is 1.02. The van der Waals surface area contributed by atoms with E-state index in [2.05, 4.69) is 5.32 Å². The summed E-state index contributed by atoms with van der Waals surface area (Å²) in [5.74, 6) is -1.02. The van der Waals surface area contributed by atoms with Gasteiger partial charge in [-0.15, -0.1) is 0 Å². The number of halogens is 1. The van der Waals surface area contributed by atoms with Crippen molar-refractivity contribution in [2.24, 2.45) is 0 Å². The predicted molar refractivity (Wildman–Crippen MR) is 105 cm³/mol. The average molecular weight is 410 g/mol. The Balaban J connectivity index is 2.26. The predicted octanol–water partition coefficient (Wildman–Crippen LogP) is 4.69. The Hall–Kier alpha value is -1.98. The zero-order valence-corrected chi connectivity index (χ0v) is 16.7. The van der Waals surface area contributed by atoms with Crippen LogP contribution in [0, 0.1) is 0 Å². The van der Waals surface area contributed by atoms with Crippen molar-refractivity contribution in [2.45, 2.75) is 19.0 Å². The maximum Gasteiger partial charge on any atom is 0.357 e. The van der Waals surface area contributed by atoms with Gasteiger partial charge in [0, 0.05) is 11.1 Å². The van der Waals surface area contributed by atoms with Gasteiger partial charge in [0.15, 0.2) is 5.78 Å². The quantitative estimate of drug-likeness (QED) is 0.369. The summed E-state index contributed by atoms with van der Waals surface area (Å²) in [6.07, 6.45) is 0. The van der Waals surface area contributed by atoms with Crippen molar-refractivity contribution in [3.8, 4) is 0 Å². The Bertz CT molecular complexity index is 833. The van der Waals surface area contributed by atoms with Crippen molar-refractivity contribution in [2.75, 3.05) is 18.5 Å². The highest BCUT2D eigenvalue weighted by Crippen LogP contribution is 2.55. The van der Waals surface area contributed by atoms with Crippen molar-refractivity contribution in [3.63, 3.8) is 0 Å². The molecule has 1 N–H and O–H groups in total. The molecular formula is C19H21ClNO5P. The average Bonchev–Trinajstić information content (AvgIpc) is 2.68. The van der Waals surface area contributed by atoms with Crippen LogP contribution in [0.1, 0.15) is 29.8 Å². The van der Waals surface area contributed by atoms with Crippen molar-refractivity contribution in [3.05, 3.63) is 65.7 Å². The van der Waals surface area contributed by atoms with Crippen LogP contribution < -0.4 is 5.32 Å². The first-order chi connectivity index (χ1) is 12.9. The zero-order chi connectivity index (χ0) is 19.9. The molecule has 0 aliphatic heterocycles. The van der Waals surface area contributed by atoms with Gasteiger partial charge in [0.05, 0.1) is 18.9 Å². The zero-order valence-electron chi connectivity index (χ0n) is 15.1. The maximum absolute atomic E-state index is 12.7. The second-order valence-corrected chi connectivity index (χ2v) is 8.29. The Morgan fingerprint density at radius 2 is 1.56 bits per heavy atom. The highest BCUT2D eigenvalue weighted by atomic mass is 35.5. The molecular weight excluding hydrogens is 389 g/mol. The minimum Gasteiger partial charge on any atom is -0.324 e. The Kier molecular flexibility index (Phi) is 7.75. The lowest BCUT2D eigenvalue weighted by atomic mass is 10.0. The summed E-state index contributed by atoms with van der Waals surface area (Å²) in [7, 11) is -3.83. The van der Waals surface area contributed by atoms with Crippen LogP contribution in [-0.2, 0) is 18.4 Å². The normalized spacial score (nSPS) is 12.4. The third-order valence-corrected chi connectivity index (χ3v) is 6.52. The number of alkyl halides is 1. The van der Waals surface area contributed by atoms with E-state index in [0.717, 1.165) is 0 Å². The lowest BCUT2D eigenvalue weighted by Gasteiger charge is -2.21. The SMILES string of the molecule is CCOP(=O)(OCC)C(Cl)C(=O)Nc1ccccc1C(=O)c1ccccc1. The van der Waals surface area contributed by atoms with E-state index in [-0.39, 0.29) is 24.7 Å². The van der Waals surface area contributed by atoms with E-state index in [1.807, 2.05) is 6.07 Å². The second kappa shape index (κ2) is 9.81. The summed E-state index contributed by atoms with van der Waals surface area (Å²) >= 11 is 6.08. The molecule has 0 aliphatic rings. The molecule has 1 unspecified atom stereocenters. The van der Waals surface area contributed by atoms with Gasteiger partial charge in [0.2, 0.25) is 5.12 Å². The van der Waals surface area contributed by atoms with Crippen LogP contribution in [0.3, 0.4) is 0 Å². The molecule has 0 heterocycles. The Morgan fingerprint density at radius 1 is 1.00 bits per heavy atom. The van der Waals surface area contributed by atoms with E-state index >= 15 is 0 Å². The number of rotatable bonds is 9. The molecule has 0 saturated carbocycles. The molecule has 0 bridgehead atoms. The molecule has 144 valence electrons. The number of carbonyl (C=O) groups excluding carboxylic acids is 2. The first-order valence-corrected chi connectivity index (χ1v) is 10.5. The van der Waals surface area contributed by atoms with Crippen LogP contribution in [0.15, 0.2) is 54.6 Å². The smallest absolute Gasteiger partial charge is 0.324 e. The van der Waals surface area contributed by atoms with Crippen molar-refractivity contribution < 1.29 is 23.2 Å². The molecule has 2 aromatic carbocycles. The first-order valence-electron chi connectivity index (χ1n) is 8.45. The second-order valence-electron chi connectivity index (χ2n) is 5.44. The fourth-order valence-corrected chi connectivity index (χ4v) is 4.20. The molecule has 0 spiro atoms. The topological polar surface area (TPSA) is 81.7 Å². The minimum atomic E-state index is -3.83. The molecule has 6 nitrogen and oxygen atoms in total. The molecule has 0 aromatic heterocycles. The van der Waals surface area contributed by atoms with E-state index in [9.17, 15) is 14.2 Å². The van der Waals surface area contributed by atoms with Gasteiger partial charge in [-0.05, 0) is 26.0 Å². The van der Waals surface area contributed by atoms with E-state index in [4.69, 9.17) is 20.6 Å². The minimum absolute atomic E-state index is 0.0802. The molecule has 2 rings (SSSR count). The van der Waals surface area contributed by atoms with Crippen LogP contribution in [0.25, 0.3) is 0 Å². The third kappa shape index (κ3) is 5.27. The van der Waals surface area contributed by atoms with Gasteiger partial charge >= 0.3 is 7.60 Å². The van der Waals surface area contributed by atoms with Gasteiger partial charge in [-0.25, -0.2) is 0 Å². The standard InChI is InChI=1S/C19H21ClNO5P/c1-3-25-27(24,26-4-2)18(20)19(23)21-16-13-9-8-12-15(16)17(22)14-10-6-5-7-11-14/h5-13,18H,3-4H2,1-2H3,(H,21,23). The number of hydrogen-bond acceptors (Lipinski definition) is 5. The van der Waals surface area contributed by atoms with Gasteiger partial charge in [0.25, 0.3) is 5.91 Å². The maximum atomic E-state index is 12.7. The molecule has 0 saturated heterocycles. The summed E-state index contributed by atoms with van der Waals surface area (Å²) in [6, 6.07) is 15.2. The van der Waals surface area contributed by atoms with Crippen LogP contribution in [0.5, 0.6) is 0 Å². The number of anilines is 1. The molecule has 2 aromatic rings. The number of hydrogen-bond donors (Lipinski definition) is 1. The van der Waals surface area contributed by atoms with Crippen LogP contribution in [0.4, 0.5) is 5.69 Å². The number of para-hydroxylation sites is 1. The third-order valence-electron chi connectivity index (χ3n) is 3.58. The summed E-state index contributed by atoms with van der Waals surface area (Å²) < 4.78 is 22.9. The van der Waals surface area contributed by atoms with Crippen molar-refractivity contribution >= 4 is 36.6 Å². The number of nitrogens with one attached hydrogen (secondary N) is 1. The van der Waals surface area contributed by atoms with Crippen LogP contribution >= 0.6 is 19.2 Å². The van der Waals surface area contributed by atoms with Gasteiger partial charge in [-0.1, -0.05) is 54.1 Å². The van der Waals surface area contributed by atoms with E-state index in [0.29, 0.717) is 11.1 Å². The molecule has 1 atom stereocenters. The number of amides is 1.